The maximum Gasteiger partial charge on any atom is 0.193 e. The van der Waals surface area contributed by atoms with Crippen molar-refractivity contribution >= 4 is 41.7 Å². The number of rotatable bonds is 4. The minimum absolute atomic E-state index is 0. The number of thioether (sulfide) groups is 1. The van der Waals surface area contributed by atoms with Crippen LogP contribution in [-0.2, 0) is 6.54 Å². The van der Waals surface area contributed by atoms with Crippen molar-refractivity contribution in [2.24, 2.45) is 4.99 Å². The smallest absolute Gasteiger partial charge is 0.193 e. The predicted molar refractivity (Wildman–Crippen MR) is 116 cm³/mol. The highest BCUT2D eigenvalue weighted by molar-refractivity contribution is 14.0. The molecule has 0 aliphatic carbocycles. The van der Waals surface area contributed by atoms with Crippen molar-refractivity contribution in [1.29, 1.82) is 0 Å². The quantitative estimate of drug-likeness (QED) is 0.407. The summed E-state index contributed by atoms with van der Waals surface area (Å²) in [6, 6.07) is 8.32. The van der Waals surface area contributed by atoms with Gasteiger partial charge in [0.1, 0.15) is 6.33 Å². The van der Waals surface area contributed by atoms with E-state index in [1.54, 1.807) is 0 Å². The van der Waals surface area contributed by atoms with E-state index in [1.165, 1.54) is 24.1 Å². The van der Waals surface area contributed by atoms with E-state index < -0.39 is 0 Å². The molecular formula is C17H25IN6S. The van der Waals surface area contributed by atoms with Crippen LogP contribution in [0.15, 0.2) is 35.6 Å². The average Bonchev–Trinajstić information content (AvgIpc) is 3.17. The summed E-state index contributed by atoms with van der Waals surface area (Å²) < 4.78 is 0. The van der Waals surface area contributed by atoms with Crippen LogP contribution in [0.4, 0.5) is 0 Å². The van der Waals surface area contributed by atoms with Gasteiger partial charge in [0.05, 0.1) is 0 Å². The molecule has 1 aromatic carbocycles. The molecule has 2 N–H and O–H groups in total. The molecule has 0 saturated carbocycles. The molecular weight excluding hydrogens is 447 g/mol. The number of nitrogens with one attached hydrogen (secondary N) is 2. The van der Waals surface area contributed by atoms with Gasteiger partial charge in [0.25, 0.3) is 0 Å². The Balaban J connectivity index is 0.00000225. The van der Waals surface area contributed by atoms with Crippen LogP contribution in [0.1, 0.15) is 18.9 Å². The first-order chi connectivity index (χ1) is 11.8. The maximum absolute atomic E-state index is 4.46. The summed E-state index contributed by atoms with van der Waals surface area (Å²) in [5, 5.41) is 11.0. The first kappa shape index (κ1) is 20.0. The number of hydrogen-bond acceptors (Lipinski definition) is 4. The first-order valence-electron chi connectivity index (χ1n) is 8.32. The van der Waals surface area contributed by atoms with E-state index in [9.17, 15) is 0 Å². The fourth-order valence-electron chi connectivity index (χ4n) is 2.85. The molecule has 1 aromatic heterocycles. The van der Waals surface area contributed by atoms with Gasteiger partial charge in [-0.25, -0.2) is 4.98 Å². The van der Waals surface area contributed by atoms with Crippen LogP contribution >= 0.6 is 35.7 Å². The number of guanidine groups is 1. The third-order valence-corrected chi connectivity index (χ3v) is 5.54. The molecule has 2 aromatic rings. The van der Waals surface area contributed by atoms with Gasteiger partial charge in [0.2, 0.25) is 0 Å². The number of H-pyrrole nitrogens is 1. The fraction of sp³-hybridized carbons (Fsp3) is 0.471. The monoisotopic (exact) mass is 472 g/mol. The second-order valence-electron chi connectivity index (χ2n) is 5.78. The van der Waals surface area contributed by atoms with Crippen molar-refractivity contribution in [2.45, 2.75) is 25.1 Å². The van der Waals surface area contributed by atoms with Crippen LogP contribution in [0.25, 0.3) is 11.4 Å². The number of hydrogen-bond donors (Lipinski definition) is 2. The summed E-state index contributed by atoms with van der Waals surface area (Å²) in [6.45, 7) is 5.12. The molecule has 1 aliphatic heterocycles. The van der Waals surface area contributed by atoms with Crippen LogP contribution in [0.2, 0.25) is 0 Å². The molecule has 0 radical (unpaired) electrons. The molecule has 1 atom stereocenters. The van der Waals surface area contributed by atoms with Gasteiger partial charge in [0.15, 0.2) is 11.8 Å². The van der Waals surface area contributed by atoms with Crippen LogP contribution < -0.4 is 5.32 Å². The summed E-state index contributed by atoms with van der Waals surface area (Å²) in [7, 11) is 1.86. The molecule has 3 rings (SSSR count). The molecule has 0 amide bonds. The molecule has 1 saturated heterocycles. The zero-order valence-corrected chi connectivity index (χ0v) is 17.8. The van der Waals surface area contributed by atoms with Gasteiger partial charge in [-0.1, -0.05) is 25.1 Å². The van der Waals surface area contributed by atoms with E-state index in [0.717, 1.165) is 37.0 Å². The summed E-state index contributed by atoms with van der Waals surface area (Å²) in [6.07, 6.45) is 2.73. The Hall–Kier alpha value is -1.29. The first-order valence-corrected chi connectivity index (χ1v) is 9.37. The highest BCUT2D eigenvalue weighted by Crippen LogP contribution is 2.21. The lowest BCUT2D eigenvalue weighted by Gasteiger charge is -2.34. The Labute approximate surface area is 170 Å². The molecule has 0 bridgehead atoms. The van der Waals surface area contributed by atoms with E-state index in [4.69, 9.17) is 0 Å². The van der Waals surface area contributed by atoms with Gasteiger partial charge in [0, 0.05) is 43.2 Å². The molecule has 1 aliphatic rings. The van der Waals surface area contributed by atoms with Crippen LogP contribution in [0.5, 0.6) is 0 Å². The van der Waals surface area contributed by atoms with Gasteiger partial charge >= 0.3 is 0 Å². The van der Waals surface area contributed by atoms with E-state index in [2.05, 4.69) is 61.2 Å². The zero-order valence-electron chi connectivity index (χ0n) is 14.6. The number of nitrogens with zero attached hydrogens (tertiary/aromatic N) is 4. The van der Waals surface area contributed by atoms with Gasteiger partial charge in [-0.05, 0) is 18.1 Å². The van der Waals surface area contributed by atoms with Crippen LogP contribution in [0, 0.1) is 0 Å². The minimum atomic E-state index is 0. The molecule has 1 unspecified atom stereocenters. The number of benzene rings is 1. The largest absolute Gasteiger partial charge is 0.352 e. The van der Waals surface area contributed by atoms with E-state index >= 15 is 0 Å². The standard InChI is InChI=1S/C17H24N6S.HI/c1-3-15-11-23(7-8-24-15)17(18-2)19-10-13-5-4-6-14(9-13)16-20-12-21-22-16;/h4-6,9,12,15H,3,7-8,10-11H2,1-2H3,(H,18,19)(H,20,21,22);1H. The van der Waals surface area contributed by atoms with Crippen molar-refractivity contribution in [3.05, 3.63) is 36.2 Å². The van der Waals surface area contributed by atoms with Crippen LogP contribution in [-0.4, -0.2) is 57.2 Å². The van der Waals surface area contributed by atoms with Crippen molar-refractivity contribution in [2.75, 3.05) is 25.9 Å². The molecule has 8 heteroatoms. The Kier molecular flexibility index (Phi) is 8.01. The SMILES string of the molecule is CCC1CN(C(=NC)NCc2cccc(-c3ncn[nH]3)c2)CCS1.I. The van der Waals surface area contributed by atoms with Gasteiger partial charge in [-0.3, -0.25) is 10.1 Å². The lowest BCUT2D eigenvalue weighted by Crippen LogP contribution is -2.47. The lowest BCUT2D eigenvalue weighted by atomic mass is 10.1. The van der Waals surface area contributed by atoms with Crippen LogP contribution in [0.3, 0.4) is 0 Å². The van der Waals surface area contributed by atoms with Crippen molar-refractivity contribution in [3.63, 3.8) is 0 Å². The summed E-state index contributed by atoms with van der Waals surface area (Å²) in [5.41, 5.74) is 2.24. The summed E-state index contributed by atoms with van der Waals surface area (Å²) in [4.78, 5) is 11.0. The third kappa shape index (κ3) is 5.34. The number of aliphatic imine (C=N–C) groups is 1. The molecule has 1 fully saturated rings. The average molecular weight is 472 g/mol. The highest BCUT2D eigenvalue weighted by atomic mass is 127. The number of aromatic amines is 1. The fourth-order valence-corrected chi connectivity index (χ4v) is 4.03. The molecule has 6 nitrogen and oxygen atoms in total. The topological polar surface area (TPSA) is 69.2 Å². The molecule has 25 heavy (non-hydrogen) atoms. The maximum atomic E-state index is 4.46. The third-order valence-electron chi connectivity index (χ3n) is 4.17. The van der Waals surface area contributed by atoms with Crippen molar-refractivity contribution in [1.82, 2.24) is 25.4 Å². The van der Waals surface area contributed by atoms with Crippen molar-refractivity contribution in [3.8, 4) is 11.4 Å². The molecule has 136 valence electrons. The Morgan fingerprint density at radius 1 is 1.48 bits per heavy atom. The normalized spacial score (nSPS) is 17.9. The second kappa shape index (κ2) is 10.0. The zero-order chi connectivity index (χ0) is 16.8. The Morgan fingerprint density at radius 3 is 3.08 bits per heavy atom. The minimum Gasteiger partial charge on any atom is -0.352 e. The number of halogens is 1. The molecule has 2 heterocycles. The van der Waals surface area contributed by atoms with E-state index in [0.29, 0.717) is 5.25 Å². The van der Waals surface area contributed by atoms with Gasteiger partial charge in [-0.2, -0.15) is 16.9 Å². The van der Waals surface area contributed by atoms with E-state index in [1.807, 2.05) is 19.2 Å². The lowest BCUT2D eigenvalue weighted by molar-refractivity contribution is 0.408. The van der Waals surface area contributed by atoms with Gasteiger partial charge < -0.3 is 10.2 Å². The highest BCUT2D eigenvalue weighted by Gasteiger charge is 2.21. The van der Waals surface area contributed by atoms with E-state index in [-0.39, 0.29) is 24.0 Å². The molecule has 0 spiro atoms. The Bertz CT molecular complexity index is 676. The van der Waals surface area contributed by atoms with Crippen molar-refractivity contribution < 1.29 is 0 Å². The predicted octanol–water partition coefficient (Wildman–Crippen LogP) is 2.99. The summed E-state index contributed by atoms with van der Waals surface area (Å²) in [5.74, 6) is 2.94. The van der Waals surface area contributed by atoms with Gasteiger partial charge in [-0.15, -0.1) is 24.0 Å². The number of aromatic nitrogens is 3. The second-order valence-corrected chi connectivity index (χ2v) is 7.19. The summed E-state index contributed by atoms with van der Waals surface area (Å²) >= 11 is 2.07. The Morgan fingerprint density at radius 2 is 2.36 bits per heavy atom.